The predicted molar refractivity (Wildman–Crippen MR) is 110 cm³/mol. The first-order chi connectivity index (χ1) is 13.0. The monoisotopic (exact) mass is 397 g/mol. The molecule has 4 rings (SSSR count). The standard InChI is InChI=1S/C20H16ClN3O2S/c1-11(2)12-7-13(10-22-9-12)24-19(25)18-16(23-20(24)26)8-17(27-18)14-5-3-4-6-15(14)21/h3-11H,1-2H3,(H,23,26). The number of thiophene rings is 1. The molecule has 0 aliphatic heterocycles. The molecule has 136 valence electrons. The Hall–Kier alpha value is -2.70. The Labute approximate surface area is 163 Å². The Bertz CT molecular complexity index is 1270. The van der Waals surface area contributed by atoms with Gasteiger partial charge in [-0.05, 0) is 29.7 Å². The Morgan fingerprint density at radius 1 is 1.15 bits per heavy atom. The van der Waals surface area contributed by atoms with E-state index in [-0.39, 0.29) is 11.5 Å². The van der Waals surface area contributed by atoms with E-state index in [9.17, 15) is 9.59 Å². The lowest BCUT2D eigenvalue weighted by Gasteiger charge is -2.08. The molecule has 0 unspecified atom stereocenters. The van der Waals surface area contributed by atoms with Crippen molar-refractivity contribution in [2.24, 2.45) is 0 Å². The van der Waals surface area contributed by atoms with Crippen LogP contribution in [0.15, 0.2) is 58.4 Å². The number of H-pyrrole nitrogens is 1. The summed E-state index contributed by atoms with van der Waals surface area (Å²) < 4.78 is 1.60. The Balaban J connectivity index is 1.94. The van der Waals surface area contributed by atoms with Crippen molar-refractivity contribution < 1.29 is 0 Å². The van der Waals surface area contributed by atoms with Crippen LogP contribution in [0.4, 0.5) is 0 Å². The second-order valence-electron chi connectivity index (χ2n) is 6.54. The van der Waals surface area contributed by atoms with Gasteiger partial charge >= 0.3 is 5.69 Å². The van der Waals surface area contributed by atoms with Crippen molar-refractivity contribution in [2.75, 3.05) is 0 Å². The molecular formula is C20H16ClN3O2S. The van der Waals surface area contributed by atoms with Crippen LogP contribution in [0, 0.1) is 0 Å². The van der Waals surface area contributed by atoms with Gasteiger partial charge in [0.2, 0.25) is 0 Å². The maximum Gasteiger partial charge on any atom is 0.333 e. The van der Waals surface area contributed by atoms with Crippen LogP contribution in [0.1, 0.15) is 25.3 Å². The van der Waals surface area contributed by atoms with Crippen molar-refractivity contribution in [2.45, 2.75) is 19.8 Å². The molecule has 27 heavy (non-hydrogen) atoms. The van der Waals surface area contributed by atoms with Crippen molar-refractivity contribution in [3.8, 4) is 16.1 Å². The number of hydrogen-bond acceptors (Lipinski definition) is 4. The van der Waals surface area contributed by atoms with E-state index in [0.717, 1.165) is 20.6 Å². The number of nitrogens with one attached hydrogen (secondary N) is 1. The SMILES string of the molecule is CC(C)c1cncc(-n2c(=O)[nH]c3cc(-c4ccccc4Cl)sc3c2=O)c1. The third-order valence-electron chi connectivity index (χ3n) is 4.38. The van der Waals surface area contributed by atoms with Crippen LogP contribution < -0.4 is 11.2 Å². The molecule has 0 bridgehead atoms. The predicted octanol–water partition coefficient (Wildman–Crippen LogP) is 4.58. The fraction of sp³-hybridized carbons (Fsp3) is 0.150. The minimum absolute atomic E-state index is 0.240. The van der Waals surface area contributed by atoms with Crippen LogP contribution in [-0.2, 0) is 0 Å². The number of halogens is 1. The molecule has 0 aliphatic carbocycles. The van der Waals surface area contributed by atoms with Gasteiger partial charge in [0.15, 0.2) is 0 Å². The Morgan fingerprint density at radius 3 is 2.67 bits per heavy atom. The summed E-state index contributed by atoms with van der Waals surface area (Å²) in [7, 11) is 0. The van der Waals surface area contributed by atoms with Crippen LogP contribution in [0.2, 0.25) is 5.02 Å². The van der Waals surface area contributed by atoms with Crippen LogP contribution >= 0.6 is 22.9 Å². The third-order valence-corrected chi connectivity index (χ3v) is 5.87. The maximum absolute atomic E-state index is 13.1. The zero-order chi connectivity index (χ0) is 19.1. The van der Waals surface area contributed by atoms with Crippen LogP contribution in [0.3, 0.4) is 0 Å². The van der Waals surface area contributed by atoms with E-state index in [1.807, 2.05) is 38.1 Å². The topological polar surface area (TPSA) is 67.8 Å². The van der Waals surface area contributed by atoms with Crippen molar-refractivity contribution in [3.05, 3.63) is 80.2 Å². The molecule has 0 spiro atoms. The average molecular weight is 398 g/mol. The molecule has 0 saturated heterocycles. The molecule has 5 nitrogen and oxygen atoms in total. The molecule has 0 aliphatic rings. The summed E-state index contributed by atoms with van der Waals surface area (Å²) in [5, 5.41) is 0.598. The number of rotatable bonds is 3. The van der Waals surface area contributed by atoms with Gasteiger partial charge in [-0.1, -0.05) is 43.6 Å². The highest BCUT2D eigenvalue weighted by Crippen LogP contribution is 2.34. The summed E-state index contributed by atoms with van der Waals surface area (Å²) >= 11 is 7.59. The van der Waals surface area contributed by atoms with Gasteiger partial charge in [0.1, 0.15) is 4.70 Å². The van der Waals surface area contributed by atoms with E-state index >= 15 is 0 Å². The number of nitrogens with zero attached hydrogens (tertiary/aromatic N) is 2. The molecule has 3 aromatic heterocycles. The summed E-state index contributed by atoms with van der Waals surface area (Å²) in [5.41, 5.74) is 1.91. The lowest BCUT2D eigenvalue weighted by molar-refractivity contribution is 0.840. The van der Waals surface area contributed by atoms with Gasteiger partial charge in [0.05, 0.1) is 17.4 Å². The van der Waals surface area contributed by atoms with Crippen molar-refractivity contribution in [1.29, 1.82) is 0 Å². The Morgan fingerprint density at radius 2 is 1.93 bits per heavy atom. The van der Waals surface area contributed by atoms with E-state index in [1.54, 1.807) is 18.3 Å². The normalized spacial score (nSPS) is 11.4. The number of pyridine rings is 1. The van der Waals surface area contributed by atoms with Gasteiger partial charge in [-0.2, -0.15) is 0 Å². The summed E-state index contributed by atoms with van der Waals surface area (Å²) in [6.07, 6.45) is 3.27. The highest BCUT2D eigenvalue weighted by Gasteiger charge is 2.15. The van der Waals surface area contributed by atoms with E-state index in [4.69, 9.17) is 11.6 Å². The first kappa shape index (κ1) is 17.7. The quantitative estimate of drug-likeness (QED) is 0.550. The Kier molecular flexibility index (Phi) is 4.45. The zero-order valence-corrected chi connectivity index (χ0v) is 16.3. The summed E-state index contributed by atoms with van der Waals surface area (Å²) in [4.78, 5) is 33.5. The molecule has 4 aromatic rings. The van der Waals surface area contributed by atoms with Gasteiger partial charge in [-0.15, -0.1) is 11.3 Å². The van der Waals surface area contributed by atoms with Crippen LogP contribution in [-0.4, -0.2) is 14.5 Å². The fourth-order valence-corrected chi connectivity index (χ4v) is 4.30. The largest absolute Gasteiger partial charge is 0.333 e. The zero-order valence-electron chi connectivity index (χ0n) is 14.7. The third kappa shape index (κ3) is 3.11. The van der Waals surface area contributed by atoms with Crippen molar-refractivity contribution >= 4 is 33.2 Å². The number of benzene rings is 1. The molecule has 0 atom stereocenters. The first-order valence-corrected chi connectivity index (χ1v) is 9.64. The van der Waals surface area contributed by atoms with Gasteiger partial charge < -0.3 is 4.98 Å². The van der Waals surface area contributed by atoms with E-state index in [1.165, 1.54) is 17.5 Å². The highest BCUT2D eigenvalue weighted by atomic mass is 35.5. The number of aromatic amines is 1. The molecule has 1 N–H and O–H groups in total. The van der Waals surface area contributed by atoms with Gasteiger partial charge in [-0.25, -0.2) is 9.36 Å². The van der Waals surface area contributed by atoms with Gasteiger partial charge in [0.25, 0.3) is 5.56 Å². The van der Waals surface area contributed by atoms with E-state index < -0.39 is 5.69 Å². The maximum atomic E-state index is 13.1. The highest BCUT2D eigenvalue weighted by molar-refractivity contribution is 7.22. The first-order valence-electron chi connectivity index (χ1n) is 8.45. The van der Waals surface area contributed by atoms with Crippen molar-refractivity contribution in [1.82, 2.24) is 14.5 Å². The number of fused-ring (bicyclic) bond motifs is 1. The molecular weight excluding hydrogens is 382 g/mol. The second-order valence-corrected chi connectivity index (χ2v) is 7.99. The number of hydrogen-bond donors (Lipinski definition) is 1. The van der Waals surface area contributed by atoms with Gasteiger partial charge in [0, 0.05) is 21.7 Å². The smallest absolute Gasteiger partial charge is 0.306 e. The molecule has 0 radical (unpaired) electrons. The molecule has 0 amide bonds. The minimum atomic E-state index is -0.487. The molecule has 3 heterocycles. The average Bonchev–Trinajstić information content (AvgIpc) is 3.06. The molecule has 7 heteroatoms. The summed E-state index contributed by atoms with van der Waals surface area (Å²) in [6.45, 7) is 4.07. The van der Waals surface area contributed by atoms with Crippen molar-refractivity contribution in [3.63, 3.8) is 0 Å². The van der Waals surface area contributed by atoms with Gasteiger partial charge in [-0.3, -0.25) is 9.78 Å². The lowest BCUT2D eigenvalue weighted by Crippen LogP contribution is -2.33. The number of aromatic nitrogens is 3. The molecule has 0 fully saturated rings. The minimum Gasteiger partial charge on any atom is -0.306 e. The second kappa shape index (κ2) is 6.79. The van der Waals surface area contributed by atoms with Crippen LogP contribution in [0.25, 0.3) is 26.3 Å². The molecule has 1 aromatic carbocycles. The van der Waals surface area contributed by atoms with Crippen LogP contribution in [0.5, 0.6) is 0 Å². The lowest BCUT2D eigenvalue weighted by atomic mass is 10.1. The summed E-state index contributed by atoms with van der Waals surface area (Å²) in [5.74, 6) is 0.240. The fourth-order valence-electron chi connectivity index (χ4n) is 2.92. The summed E-state index contributed by atoms with van der Waals surface area (Å²) in [6, 6.07) is 11.0. The van der Waals surface area contributed by atoms with E-state index in [0.29, 0.717) is 20.9 Å². The van der Waals surface area contributed by atoms with E-state index in [2.05, 4.69) is 9.97 Å². The molecule has 0 saturated carbocycles.